The number of amides is 1. The summed E-state index contributed by atoms with van der Waals surface area (Å²) in [5.41, 5.74) is 5.45. The number of anilines is 2. The van der Waals surface area contributed by atoms with Crippen molar-refractivity contribution < 1.29 is 13.6 Å². The minimum absolute atomic E-state index is 0.0469. The number of carbonyl (C=O) groups excluding carboxylic acids is 1. The molecule has 0 aliphatic heterocycles. The van der Waals surface area contributed by atoms with Crippen LogP contribution in [0.5, 0.6) is 0 Å². The van der Waals surface area contributed by atoms with Crippen molar-refractivity contribution >= 4 is 33.2 Å². The van der Waals surface area contributed by atoms with E-state index in [1.807, 2.05) is 0 Å². The molecule has 19 heavy (non-hydrogen) atoms. The average Bonchev–Trinajstić information content (AvgIpc) is 2.37. The first kappa shape index (κ1) is 13.5. The Morgan fingerprint density at radius 3 is 2.58 bits per heavy atom. The van der Waals surface area contributed by atoms with E-state index in [0.29, 0.717) is 4.47 Å². The highest BCUT2D eigenvalue weighted by Gasteiger charge is 2.15. The quantitative estimate of drug-likeness (QED) is 0.829. The summed E-state index contributed by atoms with van der Waals surface area (Å²) in [5, 5.41) is 2.31. The molecule has 2 rings (SSSR count). The molecule has 0 aliphatic rings. The van der Waals surface area contributed by atoms with Crippen LogP contribution >= 0.6 is 15.9 Å². The molecular formula is C13H9BrF2N2O. The van der Waals surface area contributed by atoms with Crippen LogP contribution in [-0.2, 0) is 0 Å². The standard InChI is InChI=1S/C13H9BrF2N2O/c14-9-2-1-3-11(16)12(9)18-13(19)8-6-7(17)4-5-10(8)15/h1-6H,17H2,(H,18,19). The second-order valence-electron chi connectivity index (χ2n) is 3.79. The molecule has 0 saturated carbocycles. The normalized spacial score (nSPS) is 10.3. The lowest BCUT2D eigenvalue weighted by Crippen LogP contribution is -2.15. The van der Waals surface area contributed by atoms with Crippen molar-refractivity contribution in [1.82, 2.24) is 0 Å². The van der Waals surface area contributed by atoms with Crippen molar-refractivity contribution in [3.63, 3.8) is 0 Å². The number of nitrogens with one attached hydrogen (secondary N) is 1. The first-order chi connectivity index (χ1) is 8.99. The molecule has 3 nitrogen and oxygen atoms in total. The van der Waals surface area contributed by atoms with Gasteiger partial charge in [-0.2, -0.15) is 0 Å². The number of rotatable bonds is 2. The molecule has 0 heterocycles. The van der Waals surface area contributed by atoms with E-state index in [9.17, 15) is 13.6 Å². The van der Waals surface area contributed by atoms with E-state index in [-0.39, 0.29) is 16.9 Å². The van der Waals surface area contributed by atoms with Gasteiger partial charge in [0, 0.05) is 10.2 Å². The van der Waals surface area contributed by atoms with Crippen LogP contribution in [0.2, 0.25) is 0 Å². The molecule has 0 fully saturated rings. The smallest absolute Gasteiger partial charge is 0.258 e. The van der Waals surface area contributed by atoms with Gasteiger partial charge in [0.2, 0.25) is 0 Å². The van der Waals surface area contributed by atoms with E-state index < -0.39 is 17.5 Å². The summed E-state index contributed by atoms with van der Waals surface area (Å²) in [6.07, 6.45) is 0. The highest BCUT2D eigenvalue weighted by Crippen LogP contribution is 2.26. The van der Waals surface area contributed by atoms with Crippen LogP contribution in [0.4, 0.5) is 20.2 Å². The SMILES string of the molecule is Nc1ccc(F)c(C(=O)Nc2c(F)cccc2Br)c1. The zero-order valence-electron chi connectivity index (χ0n) is 9.58. The van der Waals surface area contributed by atoms with E-state index >= 15 is 0 Å². The fourth-order valence-electron chi connectivity index (χ4n) is 1.51. The second kappa shape index (κ2) is 5.36. The summed E-state index contributed by atoms with van der Waals surface area (Å²) >= 11 is 3.11. The fourth-order valence-corrected chi connectivity index (χ4v) is 1.96. The van der Waals surface area contributed by atoms with Crippen LogP contribution < -0.4 is 11.1 Å². The van der Waals surface area contributed by atoms with Crippen LogP contribution in [0, 0.1) is 11.6 Å². The highest BCUT2D eigenvalue weighted by atomic mass is 79.9. The van der Waals surface area contributed by atoms with Gasteiger partial charge in [-0.25, -0.2) is 8.78 Å². The topological polar surface area (TPSA) is 55.1 Å². The van der Waals surface area contributed by atoms with Gasteiger partial charge in [-0.15, -0.1) is 0 Å². The molecule has 1 amide bonds. The van der Waals surface area contributed by atoms with Gasteiger partial charge in [0.15, 0.2) is 0 Å². The molecule has 0 radical (unpaired) electrons. The lowest BCUT2D eigenvalue weighted by Gasteiger charge is -2.09. The minimum Gasteiger partial charge on any atom is -0.399 e. The number of nitrogens with two attached hydrogens (primary N) is 1. The monoisotopic (exact) mass is 326 g/mol. The summed E-state index contributed by atoms with van der Waals surface area (Å²) in [7, 11) is 0. The second-order valence-corrected chi connectivity index (χ2v) is 4.64. The van der Waals surface area contributed by atoms with Crippen molar-refractivity contribution in [2.45, 2.75) is 0 Å². The van der Waals surface area contributed by atoms with Crippen LogP contribution in [0.3, 0.4) is 0 Å². The summed E-state index contributed by atoms with van der Waals surface area (Å²) in [6.45, 7) is 0. The van der Waals surface area contributed by atoms with E-state index in [1.165, 1.54) is 24.3 Å². The number of benzene rings is 2. The Balaban J connectivity index is 2.34. The van der Waals surface area contributed by atoms with Crippen molar-refractivity contribution in [2.75, 3.05) is 11.1 Å². The zero-order chi connectivity index (χ0) is 14.0. The number of para-hydroxylation sites is 1. The van der Waals surface area contributed by atoms with Gasteiger partial charge in [-0.05, 0) is 46.3 Å². The van der Waals surface area contributed by atoms with Crippen LogP contribution in [0.25, 0.3) is 0 Å². The van der Waals surface area contributed by atoms with Gasteiger partial charge >= 0.3 is 0 Å². The Hall–Kier alpha value is -1.95. The number of hydrogen-bond acceptors (Lipinski definition) is 2. The Morgan fingerprint density at radius 1 is 1.16 bits per heavy atom. The maximum atomic E-state index is 13.5. The van der Waals surface area contributed by atoms with Gasteiger partial charge in [-0.1, -0.05) is 6.07 Å². The van der Waals surface area contributed by atoms with E-state index in [1.54, 1.807) is 6.07 Å². The Morgan fingerprint density at radius 2 is 1.89 bits per heavy atom. The molecule has 0 atom stereocenters. The third kappa shape index (κ3) is 2.90. The average molecular weight is 327 g/mol. The molecule has 0 aliphatic carbocycles. The minimum atomic E-state index is -0.768. The number of halogens is 3. The molecule has 0 bridgehead atoms. The van der Waals surface area contributed by atoms with Crippen LogP contribution in [0.15, 0.2) is 40.9 Å². The summed E-state index contributed by atoms with van der Waals surface area (Å²) < 4.78 is 27.4. The molecule has 6 heteroatoms. The largest absolute Gasteiger partial charge is 0.399 e. The van der Waals surface area contributed by atoms with Crippen molar-refractivity contribution in [2.24, 2.45) is 0 Å². The summed E-state index contributed by atoms with van der Waals surface area (Å²) in [4.78, 5) is 11.9. The van der Waals surface area contributed by atoms with Gasteiger partial charge in [0.25, 0.3) is 5.91 Å². The van der Waals surface area contributed by atoms with Gasteiger partial charge in [0.1, 0.15) is 11.6 Å². The first-order valence-electron chi connectivity index (χ1n) is 5.29. The molecule has 0 spiro atoms. The molecule has 98 valence electrons. The molecule has 0 saturated heterocycles. The Labute approximate surface area is 116 Å². The zero-order valence-corrected chi connectivity index (χ0v) is 11.2. The first-order valence-corrected chi connectivity index (χ1v) is 6.08. The predicted octanol–water partition coefficient (Wildman–Crippen LogP) is 3.56. The third-order valence-corrected chi connectivity index (χ3v) is 3.10. The van der Waals surface area contributed by atoms with Crippen molar-refractivity contribution in [1.29, 1.82) is 0 Å². The highest BCUT2D eigenvalue weighted by molar-refractivity contribution is 9.10. The lowest BCUT2D eigenvalue weighted by molar-refractivity contribution is 0.102. The summed E-state index contributed by atoms with van der Waals surface area (Å²) in [6, 6.07) is 7.85. The molecule has 0 unspecified atom stereocenters. The molecule has 2 aromatic carbocycles. The van der Waals surface area contributed by atoms with E-state index in [2.05, 4.69) is 21.2 Å². The van der Waals surface area contributed by atoms with Gasteiger partial charge < -0.3 is 11.1 Å². The fraction of sp³-hybridized carbons (Fsp3) is 0. The predicted molar refractivity (Wildman–Crippen MR) is 72.9 cm³/mol. The van der Waals surface area contributed by atoms with Gasteiger partial charge in [-0.3, -0.25) is 4.79 Å². The Kier molecular flexibility index (Phi) is 3.80. The Bertz CT molecular complexity index is 626. The molecular weight excluding hydrogens is 318 g/mol. The van der Waals surface area contributed by atoms with E-state index in [0.717, 1.165) is 6.07 Å². The van der Waals surface area contributed by atoms with Crippen LogP contribution in [-0.4, -0.2) is 5.91 Å². The maximum absolute atomic E-state index is 13.5. The molecule has 0 aromatic heterocycles. The van der Waals surface area contributed by atoms with Crippen molar-refractivity contribution in [3.05, 3.63) is 58.1 Å². The van der Waals surface area contributed by atoms with Crippen molar-refractivity contribution in [3.8, 4) is 0 Å². The number of hydrogen-bond donors (Lipinski definition) is 2. The number of nitrogen functional groups attached to an aromatic ring is 1. The lowest BCUT2D eigenvalue weighted by atomic mass is 10.1. The van der Waals surface area contributed by atoms with Crippen LogP contribution in [0.1, 0.15) is 10.4 Å². The maximum Gasteiger partial charge on any atom is 0.258 e. The van der Waals surface area contributed by atoms with E-state index in [4.69, 9.17) is 5.73 Å². The molecule has 2 aromatic rings. The number of carbonyl (C=O) groups is 1. The third-order valence-electron chi connectivity index (χ3n) is 2.44. The van der Waals surface area contributed by atoms with Gasteiger partial charge in [0.05, 0.1) is 11.3 Å². The summed E-state index contributed by atoms with van der Waals surface area (Å²) in [5.74, 6) is -2.11. The molecule has 3 N–H and O–H groups in total.